The maximum absolute atomic E-state index is 5.87. The Labute approximate surface area is 122 Å². The molecule has 2 nitrogen and oxygen atoms in total. The van der Waals surface area contributed by atoms with Gasteiger partial charge in [-0.15, -0.1) is 0 Å². The van der Waals surface area contributed by atoms with Gasteiger partial charge in [0.05, 0.1) is 6.10 Å². The van der Waals surface area contributed by atoms with Crippen molar-refractivity contribution in [3.8, 4) is 5.75 Å². The minimum Gasteiger partial charge on any atom is -0.491 e. The average Bonchev–Trinajstić information content (AvgIpc) is 3.08. The van der Waals surface area contributed by atoms with Crippen LogP contribution in [-0.4, -0.2) is 12.6 Å². The number of rotatable bonds is 6. The Kier molecular flexibility index (Phi) is 4.00. The van der Waals surface area contributed by atoms with Gasteiger partial charge in [-0.2, -0.15) is 0 Å². The smallest absolute Gasteiger partial charge is 0.121 e. The summed E-state index contributed by atoms with van der Waals surface area (Å²) in [5.74, 6) is 3.44. The van der Waals surface area contributed by atoms with E-state index in [1.165, 1.54) is 18.5 Å². The van der Waals surface area contributed by atoms with Crippen LogP contribution in [0.25, 0.3) is 0 Å². The third kappa shape index (κ3) is 3.00. The van der Waals surface area contributed by atoms with Crippen molar-refractivity contribution < 1.29 is 4.74 Å². The molecule has 108 valence electrons. The second-order valence-corrected chi connectivity index (χ2v) is 6.29. The maximum Gasteiger partial charge on any atom is 0.121 e. The highest BCUT2D eigenvalue weighted by Gasteiger charge is 2.35. The van der Waals surface area contributed by atoms with Crippen LogP contribution in [0.15, 0.2) is 36.4 Å². The molecule has 1 saturated carbocycles. The highest BCUT2D eigenvalue weighted by Crippen LogP contribution is 2.43. The van der Waals surface area contributed by atoms with Gasteiger partial charge in [0.25, 0.3) is 0 Å². The molecule has 4 unspecified atom stereocenters. The lowest BCUT2D eigenvalue weighted by atomic mass is 9.93. The number of benzene rings is 1. The number of hydrogen-bond acceptors (Lipinski definition) is 2. The standard InChI is InChI=1S/C18H25NO/c1-3-13(2)20-18-6-4-5-17(11-18)19-12-16-10-14-7-8-15(16)9-14/h4-8,11,13-16,19H,3,9-10,12H2,1-2H3. The van der Waals surface area contributed by atoms with Crippen LogP contribution in [0.5, 0.6) is 5.75 Å². The molecule has 3 rings (SSSR count). The van der Waals surface area contributed by atoms with Crippen molar-refractivity contribution in [2.24, 2.45) is 17.8 Å². The fourth-order valence-corrected chi connectivity index (χ4v) is 3.37. The molecule has 0 saturated heterocycles. The monoisotopic (exact) mass is 271 g/mol. The number of allylic oxidation sites excluding steroid dienone is 2. The SMILES string of the molecule is CCC(C)Oc1cccc(NCC2CC3C=CC2C3)c1. The molecule has 4 atom stereocenters. The second kappa shape index (κ2) is 5.90. The number of hydrogen-bond donors (Lipinski definition) is 1. The van der Waals surface area contributed by atoms with Crippen LogP contribution >= 0.6 is 0 Å². The van der Waals surface area contributed by atoms with Gasteiger partial charge >= 0.3 is 0 Å². The van der Waals surface area contributed by atoms with E-state index < -0.39 is 0 Å². The first kappa shape index (κ1) is 13.5. The Bertz CT molecular complexity index is 482. The highest BCUT2D eigenvalue weighted by molar-refractivity contribution is 5.48. The molecule has 0 aromatic heterocycles. The summed E-state index contributed by atoms with van der Waals surface area (Å²) < 4.78 is 5.87. The Balaban J connectivity index is 1.55. The Morgan fingerprint density at radius 2 is 2.20 bits per heavy atom. The number of anilines is 1. The van der Waals surface area contributed by atoms with Crippen molar-refractivity contribution in [1.29, 1.82) is 0 Å². The van der Waals surface area contributed by atoms with Gasteiger partial charge in [-0.05, 0) is 56.1 Å². The summed E-state index contributed by atoms with van der Waals surface area (Å²) >= 11 is 0. The van der Waals surface area contributed by atoms with Crippen LogP contribution in [0.3, 0.4) is 0 Å². The van der Waals surface area contributed by atoms with Gasteiger partial charge in [0, 0.05) is 18.3 Å². The van der Waals surface area contributed by atoms with Crippen molar-refractivity contribution in [1.82, 2.24) is 0 Å². The molecule has 1 aromatic rings. The number of nitrogens with one attached hydrogen (secondary N) is 1. The van der Waals surface area contributed by atoms with Gasteiger partial charge in [0.2, 0.25) is 0 Å². The van der Waals surface area contributed by atoms with Gasteiger partial charge in [-0.1, -0.05) is 25.1 Å². The van der Waals surface area contributed by atoms with Crippen molar-refractivity contribution in [2.45, 2.75) is 39.2 Å². The van der Waals surface area contributed by atoms with E-state index in [4.69, 9.17) is 4.74 Å². The van der Waals surface area contributed by atoms with Crippen molar-refractivity contribution >= 4 is 5.69 Å². The van der Waals surface area contributed by atoms with E-state index in [1.54, 1.807) is 0 Å². The van der Waals surface area contributed by atoms with Gasteiger partial charge in [-0.3, -0.25) is 0 Å². The molecule has 0 spiro atoms. The van der Waals surface area contributed by atoms with Crippen molar-refractivity contribution in [3.05, 3.63) is 36.4 Å². The summed E-state index contributed by atoms with van der Waals surface area (Å²) in [6.07, 6.45) is 8.88. The Morgan fingerprint density at radius 1 is 1.30 bits per heavy atom. The zero-order valence-electron chi connectivity index (χ0n) is 12.5. The van der Waals surface area contributed by atoms with Crippen LogP contribution in [0.2, 0.25) is 0 Å². The lowest BCUT2D eigenvalue weighted by molar-refractivity contribution is 0.217. The minimum absolute atomic E-state index is 0.279. The van der Waals surface area contributed by atoms with E-state index in [0.717, 1.165) is 36.5 Å². The fourth-order valence-electron chi connectivity index (χ4n) is 3.37. The van der Waals surface area contributed by atoms with Gasteiger partial charge in [0.15, 0.2) is 0 Å². The Hall–Kier alpha value is -1.44. The summed E-state index contributed by atoms with van der Waals surface area (Å²) in [4.78, 5) is 0. The lowest BCUT2D eigenvalue weighted by Gasteiger charge is -2.20. The predicted molar refractivity (Wildman–Crippen MR) is 84.2 cm³/mol. The zero-order valence-corrected chi connectivity index (χ0v) is 12.5. The third-order valence-corrected chi connectivity index (χ3v) is 4.73. The summed E-state index contributed by atoms with van der Waals surface area (Å²) in [5, 5.41) is 3.59. The summed E-state index contributed by atoms with van der Waals surface area (Å²) in [6, 6.07) is 8.36. The van der Waals surface area contributed by atoms with Crippen LogP contribution < -0.4 is 10.1 Å². The molecule has 2 heteroatoms. The predicted octanol–water partition coefficient (Wildman–Crippen LogP) is 4.49. The van der Waals surface area contributed by atoms with E-state index >= 15 is 0 Å². The summed E-state index contributed by atoms with van der Waals surface area (Å²) in [5.41, 5.74) is 1.18. The van der Waals surface area contributed by atoms with Gasteiger partial charge in [0.1, 0.15) is 5.75 Å². The van der Waals surface area contributed by atoms with E-state index in [1.807, 2.05) is 6.07 Å². The maximum atomic E-state index is 5.87. The molecule has 2 bridgehead atoms. The minimum atomic E-state index is 0.279. The quantitative estimate of drug-likeness (QED) is 0.770. The molecule has 2 aliphatic carbocycles. The van der Waals surface area contributed by atoms with Crippen molar-refractivity contribution in [3.63, 3.8) is 0 Å². The first-order chi connectivity index (χ1) is 9.74. The van der Waals surface area contributed by atoms with Crippen LogP contribution in [-0.2, 0) is 0 Å². The van der Waals surface area contributed by atoms with Crippen molar-refractivity contribution in [2.75, 3.05) is 11.9 Å². The fraction of sp³-hybridized carbons (Fsp3) is 0.556. The molecular formula is C18H25NO. The number of fused-ring (bicyclic) bond motifs is 2. The zero-order chi connectivity index (χ0) is 13.9. The topological polar surface area (TPSA) is 21.3 Å². The molecular weight excluding hydrogens is 246 g/mol. The molecule has 0 aliphatic heterocycles. The summed E-state index contributed by atoms with van der Waals surface area (Å²) in [7, 11) is 0. The van der Waals surface area contributed by atoms with Crippen LogP contribution in [0, 0.1) is 17.8 Å². The second-order valence-electron chi connectivity index (χ2n) is 6.29. The number of ether oxygens (including phenoxy) is 1. The molecule has 0 amide bonds. The van der Waals surface area contributed by atoms with Crippen LogP contribution in [0.1, 0.15) is 33.1 Å². The molecule has 1 fully saturated rings. The molecule has 20 heavy (non-hydrogen) atoms. The molecule has 0 heterocycles. The van der Waals surface area contributed by atoms with E-state index in [9.17, 15) is 0 Å². The highest BCUT2D eigenvalue weighted by atomic mass is 16.5. The molecule has 0 radical (unpaired) electrons. The largest absolute Gasteiger partial charge is 0.491 e. The van der Waals surface area contributed by atoms with Gasteiger partial charge < -0.3 is 10.1 Å². The third-order valence-electron chi connectivity index (χ3n) is 4.73. The lowest BCUT2D eigenvalue weighted by Crippen LogP contribution is -2.18. The average molecular weight is 271 g/mol. The summed E-state index contributed by atoms with van der Waals surface area (Å²) in [6.45, 7) is 5.34. The van der Waals surface area contributed by atoms with Crippen LogP contribution in [0.4, 0.5) is 5.69 Å². The normalized spacial score (nSPS) is 28.6. The molecule has 1 N–H and O–H groups in total. The first-order valence-electron chi connectivity index (χ1n) is 7.93. The molecule has 2 aliphatic rings. The van der Waals surface area contributed by atoms with E-state index in [-0.39, 0.29) is 6.10 Å². The van der Waals surface area contributed by atoms with E-state index in [0.29, 0.717) is 0 Å². The van der Waals surface area contributed by atoms with E-state index in [2.05, 4.69) is 49.5 Å². The first-order valence-corrected chi connectivity index (χ1v) is 7.93. The van der Waals surface area contributed by atoms with Gasteiger partial charge in [-0.25, -0.2) is 0 Å². The molecule has 1 aromatic carbocycles. The Morgan fingerprint density at radius 3 is 2.90 bits per heavy atom.